The minimum absolute atomic E-state index is 0.000396. The number of hydrogen-bond acceptors (Lipinski definition) is 4. The zero-order valence-electron chi connectivity index (χ0n) is 11.1. The van der Waals surface area contributed by atoms with Crippen molar-refractivity contribution in [2.45, 2.75) is 13.8 Å². The fourth-order valence-electron chi connectivity index (χ4n) is 1.66. The number of carbonyl (C=O) groups excluding carboxylic acids is 1. The van der Waals surface area contributed by atoms with Crippen molar-refractivity contribution < 1.29 is 9.90 Å². The van der Waals surface area contributed by atoms with E-state index in [0.29, 0.717) is 27.8 Å². The SMILES string of the molecule is CC(=O)c1cccc(/C(C)=N/c2ccc(Cl)cc2O)n1. The Kier molecular flexibility index (Phi) is 4.15. The lowest BCUT2D eigenvalue weighted by Crippen LogP contribution is -2.04. The molecule has 0 saturated carbocycles. The van der Waals surface area contributed by atoms with Crippen LogP contribution in [-0.4, -0.2) is 21.6 Å². The average molecular weight is 289 g/mol. The molecule has 0 aliphatic heterocycles. The van der Waals surface area contributed by atoms with Gasteiger partial charge in [-0.15, -0.1) is 0 Å². The average Bonchev–Trinajstić information content (AvgIpc) is 2.42. The lowest BCUT2D eigenvalue weighted by molar-refractivity contribution is 0.101. The van der Waals surface area contributed by atoms with Crippen LogP contribution in [0.4, 0.5) is 5.69 Å². The molecule has 0 saturated heterocycles. The number of aliphatic imine (C=N–C) groups is 1. The molecule has 0 bridgehead atoms. The number of aromatic hydroxyl groups is 1. The van der Waals surface area contributed by atoms with Gasteiger partial charge < -0.3 is 5.11 Å². The minimum Gasteiger partial charge on any atom is -0.506 e. The maximum absolute atomic E-state index is 11.3. The van der Waals surface area contributed by atoms with E-state index >= 15 is 0 Å². The molecule has 2 aromatic rings. The van der Waals surface area contributed by atoms with E-state index in [2.05, 4.69) is 9.98 Å². The summed E-state index contributed by atoms with van der Waals surface area (Å²) in [5, 5.41) is 10.2. The highest BCUT2D eigenvalue weighted by atomic mass is 35.5. The van der Waals surface area contributed by atoms with Crippen LogP contribution in [0.15, 0.2) is 41.4 Å². The molecule has 0 radical (unpaired) electrons. The maximum Gasteiger partial charge on any atom is 0.178 e. The van der Waals surface area contributed by atoms with E-state index in [0.717, 1.165) is 0 Å². The highest BCUT2D eigenvalue weighted by Gasteiger charge is 2.06. The number of pyridine rings is 1. The second-order valence-corrected chi connectivity index (χ2v) is 4.73. The van der Waals surface area contributed by atoms with Crippen molar-refractivity contribution >= 4 is 28.8 Å². The van der Waals surface area contributed by atoms with Crippen molar-refractivity contribution in [1.29, 1.82) is 0 Å². The van der Waals surface area contributed by atoms with Crippen molar-refractivity contribution in [3.05, 3.63) is 52.8 Å². The Morgan fingerprint density at radius 3 is 2.55 bits per heavy atom. The van der Waals surface area contributed by atoms with Crippen LogP contribution >= 0.6 is 11.6 Å². The van der Waals surface area contributed by atoms with Crippen molar-refractivity contribution in [3.63, 3.8) is 0 Å². The van der Waals surface area contributed by atoms with Crippen LogP contribution in [0.25, 0.3) is 0 Å². The third-order valence-electron chi connectivity index (χ3n) is 2.71. The Hall–Kier alpha value is -2.20. The molecule has 0 unspecified atom stereocenters. The first kappa shape index (κ1) is 14.2. The summed E-state index contributed by atoms with van der Waals surface area (Å²) >= 11 is 5.77. The number of phenolic OH excluding ortho intramolecular Hbond substituents is 1. The molecular weight excluding hydrogens is 276 g/mol. The summed E-state index contributed by atoms with van der Waals surface area (Å²) < 4.78 is 0. The molecule has 0 spiro atoms. The molecule has 5 heteroatoms. The number of Topliss-reactive ketones (excluding diaryl/α,β-unsaturated/α-hetero) is 1. The number of phenols is 1. The van der Waals surface area contributed by atoms with Crippen LogP contribution in [0, 0.1) is 0 Å². The van der Waals surface area contributed by atoms with Gasteiger partial charge in [-0.3, -0.25) is 4.79 Å². The predicted molar refractivity (Wildman–Crippen MR) is 79.2 cm³/mol. The van der Waals surface area contributed by atoms with Gasteiger partial charge in [-0.25, -0.2) is 9.98 Å². The summed E-state index contributed by atoms with van der Waals surface area (Å²) in [6.45, 7) is 3.23. The van der Waals surface area contributed by atoms with Gasteiger partial charge in [0, 0.05) is 18.0 Å². The molecule has 1 heterocycles. The molecular formula is C15H13ClN2O2. The van der Waals surface area contributed by atoms with Crippen molar-refractivity contribution in [3.8, 4) is 5.75 Å². The standard InChI is InChI=1S/C15H13ClN2O2/c1-9(12-4-3-5-13(18-12)10(2)19)17-14-7-6-11(16)8-15(14)20/h3-8,20H,1-2H3/b17-9+. The van der Waals surface area contributed by atoms with Gasteiger partial charge in [0.25, 0.3) is 0 Å². The zero-order valence-corrected chi connectivity index (χ0v) is 11.8. The molecule has 1 aromatic heterocycles. The second-order valence-electron chi connectivity index (χ2n) is 4.29. The Labute approximate surface area is 121 Å². The molecule has 2 rings (SSSR count). The molecule has 102 valence electrons. The Morgan fingerprint density at radius 2 is 1.90 bits per heavy atom. The van der Waals surface area contributed by atoms with Gasteiger partial charge in [-0.1, -0.05) is 17.7 Å². The topological polar surface area (TPSA) is 62.5 Å². The van der Waals surface area contributed by atoms with E-state index in [-0.39, 0.29) is 11.5 Å². The van der Waals surface area contributed by atoms with Crippen LogP contribution in [0.2, 0.25) is 5.02 Å². The number of ketones is 1. The highest BCUT2D eigenvalue weighted by Crippen LogP contribution is 2.29. The normalized spacial score (nSPS) is 11.4. The largest absolute Gasteiger partial charge is 0.506 e. The monoisotopic (exact) mass is 288 g/mol. The van der Waals surface area contributed by atoms with Gasteiger partial charge in [0.15, 0.2) is 5.78 Å². The summed E-state index contributed by atoms with van der Waals surface area (Å²) in [4.78, 5) is 19.8. The highest BCUT2D eigenvalue weighted by molar-refractivity contribution is 6.30. The van der Waals surface area contributed by atoms with E-state index in [4.69, 9.17) is 11.6 Å². The quantitative estimate of drug-likeness (QED) is 0.690. The van der Waals surface area contributed by atoms with E-state index in [1.807, 2.05) is 0 Å². The third kappa shape index (κ3) is 3.22. The first-order valence-electron chi connectivity index (χ1n) is 5.99. The summed E-state index contributed by atoms with van der Waals surface area (Å²) in [5.41, 5.74) is 1.98. The number of hydrogen-bond donors (Lipinski definition) is 1. The molecule has 0 aliphatic carbocycles. The third-order valence-corrected chi connectivity index (χ3v) is 2.94. The number of aromatic nitrogens is 1. The molecule has 0 aliphatic rings. The van der Waals surface area contributed by atoms with E-state index in [1.54, 1.807) is 37.3 Å². The fraction of sp³-hybridized carbons (Fsp3) is 0.133. The Balaban J connectivity index is 2.39. The predicted octanol–water partition coefficient (Wildman–Crippen LogP) is 3.78. The van der Waals surface area contributed by atoms with Gasteiger partial charge in [0.1, 0.15) is 17.1 Å². The Morgan fingerprint density at radius 1 is 1.20 bits per heavy atom. The van der Waals surface area contributed by atoms with Gasteiger partial charge >= 0.3 is 0 Å². The number of benzene rings is 1. The van der Waals surface area contributed by atoms with E-state index < -0.39 is 0 Å². The van der Waals surface area contributed by atoms with Gasteiger partial charge in [0.2, 0.25) is 0 Å². The van der Waals surface area contributed by atoms with Crippen LogP contribution in [0.1, 0.15) is 30.0 Å². The molecule has 4 nitrogen and oxygen atoms in total. The second kappa shape index (κ2) is 5.84. The fourth-order valence-corrected chi connectivity index (χ4v) is 1.83. The number of nitrogens with zero attached hydrogens (tertiary/aromatic N) is 2. The first-order chi connectivity index (χ1) is 9.47. The summed E-state index contributed by atoms with van der Waals surface area (Å²) in [5.74, 6) is -0.103. The van der Waals surface area contributed by atoms with Gasteiger partial charge in [-0.2, -0.15) is 0 Å². The minimum atomic E-state index is -0.103. The van der Waals surface area contributed by atoms with Gasteiger partial charge in [0.05, 0.1) is 11.4 Å². The summed E-state index contributed by atoms with van der Waals surface area (Å²) in [6, 6.07) is 9.85. The molecule has 0 fully saturated rings. The first-order valence-corrected chi connectivity index (χ1v) is 6.37. The van der Waals surface area contributed by atoms with Crippen LogP contribution in [0.3, 0.4) is 0 Å². The van der Waals surface area contributed by atoms with Crippen molar-refractivity contribution in [1.82, 2.24) is 4.98 Å². The maximum atomic E-state index is 11.3. The lowest BCUT2D eigenvalue weighted by atomic mass is 10.2. The number of rotatable bonds is 3. The van der Waals surface area contributed by atoms with Crippen molar-refractivity contribution in [2.24, 2.45) is 4.99 Å². The summed E-state index contributed by atoms with van der Waals surface area (Å²) in [7, 11) is 0. The number of carbonyl (C=O) groups is 1. The molecule has 1 N–H and O–H groups in total. The summed E-state index contributed by atoms with van der Waals surface area (Å²) in [6.07, 6.45) is 0. The van der Waals surface area contributed by atoms with Crippen LogP contribution in [0.5, 0.6) is 5.75 Å². The van der Waals surface area contributed by atoms with Crippen molar-refractivity contribution in [2.75, 3.05) is 0 Å². The molecule has 0 amide bonds. The number of halogens is 1. The molecule has 0 atom stereocenters. The zero-order chi connectivity index (χ0) is 14.7. The smallest absolute Gasteiger partial charge is 0.178 e. The van der Waals surface area contributed by atoms with E-state index in [9.17, 15) is 9.90 Å². The van der Waals surface area contributed by atoms with Crippen LogP contribution in [-0.2, 0) is 0 Å². The van der Waals surface area contributed by atoms with E-state index in [1.165, 1.54) is 13.0 Å². The Bertz CT molecular complexity index is 696. The molecule has 20 heavy (non-hydrogen) atoms. The molecule has 1 aromatic carbocycles. The van der Waals surface area contributed by atoms with Gasteiger partial charge in [-0.05, 0) is 31.2 Å². The van der Waals surface area contributed by atoms with Crippen LogP contribution < -0.4 is 0 Å². The lowest BCUT2D eigenvalue weighted by Gasteiger charge is -2.04.